The van der Waals surface area contributed by atoms with E-state index < -0.39 is 0 Å². The summed E-state index contributed by atoms with van der Waals surface area (Å²) < 4.78 is 0. The summed E-state index contributed by atoms with van der Waals surface area (Å²) in [6.07, 6.45) is 0.868. The van der Waals surface area contributed by atoms with Crippen LogP contribution in [0.15, 0.2) is 0 Å². The van der Waals surface area contributed by atoms with Crippen LogP contribution in [-0.2, 0) is 0 Å². The number of aliphatic hydroxyl groups is 1. The fourth-order valence-corrected chi connectivity index (χ4v) is 0.300. The van der Waals surface area contributed by atoms with Crippen LogP contribution in [0.3, 0.4) is 0 Å². The minimum atomic E-state index is 0.0694. The third-order valence-electron chi connectivity index (χ3n) is 0.949. The monoisotopic (exact) mass is 104 g/mol. The third kappa shape index (κ3) is 2.56. The summed E-state index contributed by atoms with van der Waals surface area (Å²) in [5, 5.41) is 8.38. The van der Waals surface area contributed by atoms with E-state index in [-0.39, 0.29) is 12.6 Å². The highest BCUT2D eigenvalue weighted by Gasteiger charge is 1.96. The van der Waals surface area contributed by atoms with Gasteiger partial charge in [0, 0.05) is 6.04 Å². The van der Waals surface area contributed by atoms with Gasteiger partial charge in [0.15, 0.2) is 0 Å². The molecule has 0 amide bonds. The SMILES string of the molecule is CC[C@@H](CO)NN. The fourth-order valence-electron chi connectivity index (χ4n) is 0.300. The van der Waals surface area contributed by atoms with Crippen LogP contribution in [0.1, 0.15) is 13.3 Å². The van der Waals surface area contributed by atoms with Gasteiger partial charge in [-0.1, -0.05) is 6.92 Å². The molecule has 0 saturated heterocycles. The molecule has 0 saturated carbocycles. The number of nitrogens with two attached hydrogens (primary N) is 1. The number of nitrogens with one attached hydrogen (secondary N) is 1. The van der Waals surface area contributed by atoms with E-state index in [1.807, 2.05) is 6.92 Å². The lowest BCUT2D eigenvalue weighted by Crippen LogP contribution is -2.37. The van der Waals surface area contributed by atoms with Gasteiger partial charge < -0.3 is 5.11 Å². The molecular formula is C4H12N2O. The molecule has 0 aromatic heterocycles. The molecule has 0 unspecified atom stereocenters. The lowest BCUT2D eigenvalue weighted by Gasteiger charge is -2.06. The van der Waals surface area contributed by atoms with E-state index >= 15 is 0 Å². The van der Waals surface area contributed by atoms with Crippen LogP contribution in [0.25, 0.3) is 0 Å². The first-order valence-corrected chi connectivity index (χ1v) is 2.42. The standard InChI is InChI=1S/C4H12N2O/c1-2-4(3-7)6-5/h4,6-7H,2-3,5H2,1H3/t4-/m0/s1. The van der Waals surface area contributed by atoms with E-state index in [0.717, 1.165) is 6.42 Å². The zero-order chi connectivity index (χ0) is 5.70. The summed E-state index contributed by atoms with van der Waals surface area (Å²) in [4.78, 5) is 0. The summed E-state index contributed by atoms with van der Waals surface area (Å²) in [5.41, 5.74) is 2.45. The van der Waals surface area contributed by atoms with Crippen molar-refractivity contribution in [2.75, 3.05) is 6.61 Å². The van der Waals surface area contributed by atoms with E-state index in [1.54, 1.807) is 0 Å². The molecule has 0 fully saturated rings. The van der Waals surface area contributed by atoms with E-state index in [2.05, 4.69) is 5.43 Å². The first-order chi connectivity index (χ1) is 3.35. The Kier molecular flexibility index (Phi) is 3.98. The van der Waals surface area contributed by atoms with Crippen LogP contribution in [-0.4, -0.2) is 17.8 Å². The lowest BCUT2D eigenvalue weighted by molar-refractivity contribution is 0.240. The van der Waals surface area contributed by atoms with Gasteiger partial charge in [-0.15, -0.1) is 0 Å². The van der Waals surface area contributed by atoms with Crippen molar-refractivity contribution >= 4 is 0 Å². The van der Waals surface area contributed by atoms with Crippen molar-refractivity contribution < 1.29 is 5.11 Å². The predicted molar refractivity (Wildman–Crippen MR) is 28.5 cm³/mol. The second-order valence-electron chi connectivity index (χ2n) is 1.45. The Morgan fingerprint density at radius 3 is 2.43 bits per heavy atom. The molecule has 0 spiro atoms. The highest BCUT2D eigenvalue weighted by molar-refractivity contribution is 4.55. The summed E-state index contributed by atoms with van der Waals surface area (Å²) >= 11 is 0. The Morgan fingerprint density at radius 2 is 2.43 bits per heavy atom. The minimum Gasteiger partial charge on any atom is -0.395 e. The molecule has 1 atom stereocenters. The van der Waals surface area contributed by atoms with Gasteiger partial charge in [-0.3, -0.25) is 11.3 Å². The van der Waals surface area contributed by atoms with Gasteiger partial charge in [-0.05, 0) is 6.42 Å². The van der Waals surface area contributed by atoms with Crippen molar-refractivity contribution in [1.29, 1.82) is 0 Å². The summed E-state index contributed by atoms with van der Waals surface area (Å²) in [5.74, 6) is 4.98. The van der Waals surface area contributed by atoms with Crippen LogP contribution in [0.5, 0.6) is 0 Å². The summed E-state index contributed by atoms with van der Waals surface area (Å²) in [6.45, 7) is 2.08. The van der Waals surface area contributed by atoms with Crippen molar-refractivity contribution in [1.82, 2.24) is 5.43 Å². The molecule has 0 aromatic rings. The number of rotatable bonds is 3. The van der Waals surface area contributed by atoms with E-state index in [9.17, 15) is 0 Å². The summed E-state index contributed by atoms with van der Waals surface area (Å²) in [6, 6.07) is 0.0694. The smallest absolute Gasteiger partial charge is 0.0598 e. The first kappa shape index (κ1) is 6.88. The number of aliphatic hydroxyl groups excluding tert-OH is 1. The maximum Gasteiger partial charge on any atom is 0.0598 e. The van der Waals surface area contributed by atoms with Crippen LogP contribution in [0, 0.1) is 0 Å². The van der Waals surface area contributed by atoms with Gasteiger partial charge in [0.05, 0.1) is 6.61 Å². The molecule has 44 valence electrons. The van der Waals surface area contributed by atoms with E-state index in [1.165, 1.54) is 0 Å². The molecule has 4 N–H and O–H groups in total. The molecule has 0 aliphatic heterocycles. The molecule has 3 nitrogen and oxygen atoms in total. The van der Waals surface area contributed by atoms with Crippen molar-refractivity contribution in [2.24, 2.45) is 5.84 Å². The maximum absolute atomic E-state index is 8.38. The first-order valence-electron chi connectivity index (χ1n) is 2.42. The van der Waals surface area contributed by atoms with Gasteiger partial charge in [0.1, 0.15) is 0 Å². The third-order valence-corrected chi connectivity index (χ3v) is 0.949. The van der Waals surface area contributed by atoms with Crippen molar-refractivity contribution in [3.8, 4) is 0 Å². The molecule has 0 radical (unpaired) electrons. The van der Waals surface area contributed by atoms with Crippen molar-refractivity contribution in [3.05, 3.63) is 0 Å². The van der Waals surface area contributed by atoms with Gasteiger partial charge >= 0.3 is 0 Å². The van der Waals surface area contributed by atoms with Crippen LogP contribution in [0.4, 0.5) is 0 Å². The zero-order valence-corrected chi connectivity index (χ0v) is 4.52. The molecule has 0 bridgehead atoms. The van der Waals surface area contributed by atoms with Gasteiger partial charge in [0.25, 0.3) is 0 Å². The Bertz CT molecular complexity index is 31.2. The van der Waals surface area contributed by atoms with Crippen LogP contribution in [0.2, 0.25) is 0 Å². The van der Waals surface area contributed by atoms with Crippen LogP contribution >= 0.6 is 0 Å². The minimum absolute atomic E-state index is 0.0694. The maximum atomic E-state index is 8.38. The zero-order valence-electron chi connectivity index (χ0n) is 4.52. The topological polar surface area (TPSA) is 58.3 Å². The van der Waals surface area contributed by atoms with Crippen LogP contribution < -0.4 is 11.3 Å². The highest BCUT2D eigenvalue weighted by Crippen LogP contribution is 1.82. The van der Waals surface area contributed by atoms with Crippen molar-refractivity contribution in [3.63, 3.8) is 0 Å². The normalized spacial score (nSPS) is 14.1. The second-order valence-corrected chi connectivity index (χ2v) is 1.45. The molecular weight excluding hydrogens is 92.1 g/mol. The quantitative estimate of drug-likeness (QED) is 0.325. The average Bonchev–Trinajstić information content (AvgIpc) is 1.72. The van der Waals surface area contributed by atoms with E-state index in [0.29, 0.717) is 0 Å². The second kappa shape index (κ2) is 4.05. The Labute approximate surface area is 43.5 Å². The van der Waals surface area contributed by atoms with Gasteiger partial charge in [0.2, 0.25) is 0 Å². The van der Waals surface area contributed by atoms with Gasteiger partial charge in [-0.2, -0.15) is 0 Å². The fraction of sp³-hybridized carbons (Fsp3) is 1.00. The summed E-state index contributed by atoms with van der Waals surface area (Å²) in [7, 11) is 0. The Hall–Kier alpha value is -0.120. The molecule has 0 aliphatic rings. The predicted octanol–water partition coefficient (Wildman–Crippen LogP) is -0.779. The number of hydrazine groups is 1. The molecule has 0 rings (SSSR count). The lowest BCUT2D eigenvalue weighted by atomic mass is 10.3. The highest BCUT2D eigenvalue weighted by atomic mass is 16.3. The molecule has 0 aliphatic carbocycles. The Morgan fingerprint density at radius 1 is 1.86 bits per heavy atom. The number of hydrogen-bond acceptors (Lipinski definition) is 3. The molecule has 7 heavy (non-hydrogen) atoms. The molecule has 0 aromatic carbocycles. The van der Waals surface area contributed by atoms with Gasteiger partial charge in [-0.25, -0.2) is 0 Å². The van der Waals surface area contributed by atoms with Crippen molar-refractivity contribution in [2.45, 2.75) is 19.4 Å². The molecule has 3 heteroatoms. The largest absolute Gasteiger partial charge is 0.395 e. The number of hydrogen-bond donors (Lipinski definition) is 3. The van der Waals surface area contributed by atoms with E-state index in [4.69, 9.17) is 10.9 Å². The molecule has 0 heterocycles. The Balaban J connectivity index is 2.99. The average molecular weight is 104 g/mol.